The summed E-state index contributed by atoms with van der Waals surface area (Å²) in [6.07, 6.45) is 2.38. The van der Waals surface area contributed by atoms with Crippen molar-refractivity contribution in [3.8, 4) is 0 Å². The van der Waals surface area contributed by atoms with Gasteiger partial charge in [-0.25, -0.2) is 4.98 Å². The molecular weight excluding hydrogens is 236 g/mol. The number of aryl methyl sites for hydroxylation is 1. The van der Waals surface area contributed by atoms with Crippen molar-refractivity contribution in [1.82, 2.24) is 9.88 Å². The smallest absolute Gasteiger partial charge is 0.303 e. The van der Waals surface area contributed by atoms with Crippen molar-refractivity contribution in [3.05, 3.63) is 16.1 Å². The Hall–Kier alpha value is -0.940. The summed E-state index contributed by atoms with van der Waals surface area (Å²) in [5.74, 6) is -0.329. The lowest BCUT2D eigenvalue weighted by Crippen LogP contribution is -2.23. The summed E-state index contributed by atoms with van der Waals surface area (Å²) in [4.78, 5) is 18.6. The predicted molar refractivity (Wildman–Crippen MR) is 67.4 cm³/mol. The summed E-state index contributed by atoms with van der Waals surface area (Å²) < 4.78 is 0. The van der Waals surface area contributed by atoms with Crippen molar-refractivity contribution in [2.24, 2.45) is 5.92 Å². The highest BCUT2D eigenvalue weighted by molar-refractivity contribution is 7.09. The van der Waals surface area contributed by atoms with Gasteiger partial charge in [0.25, 0.3) is 0 Å². The van der Waals surface area contributed by atoms with Crippen LogP contribution in [0.2, 0.25) is 0 Å². The summed E-state index contributed by atoms with van der Waals surface area (Å²) in [7, 11) is 0. The number of aliphatic carboxylic acids is 1. The third kappa shape index (κ3) is 3.51. The highest BCUT2D eigenvalue weighted by Crippen LogP contribution is 2.20. The van der Waals surface area contributed by atoms with Crippen LogP contribution in [-0.4, -0.2) is 40.6 Å². The molecule has 1 aromatic rings. The summed E-state index contributed by atoms with van der Waals surface area (Å²) >= 11 is 1.71. The first-order chi connectivity index (χ1) is 8.15. The van der Waals surface area contributed by atoms with Crippen molar-refractivity contribution >= 4 is 17.3 Å². The van der Waals surface area contributed by atoms with Gasteiger partial charge < -0.3 is 10.0 Å². The molecule has 0 bridgehead atoms. The van der Waals surface area contributed by atoms with E-state index in [1.165, 1.54) is 4.88 Å². The molecule has 1 N–H and O–H groups in total. The molecule has 0 aromatic carbocycles. The third-order valence-corrected chi connectivity index (χ3v) is 4.33. The molecule has 1 atom stereocenters. The molecule has 1 saturated heterocycles. The van der Waals surface area contributed by atoms with Gasteiger partial charge in [0.05, 0.1) is 11.2 Å². The van der Waals surface area contributed by atoms with Gasteiger partial charge in [0, 0.05) is 24.4 Å². The Bertz CT molecular complexity index is 392. The maximum absolute atomic E-state index is 10.6. The molecule has 0 amide bonds. The van der Waals surface area contributed by atoms with Crippen LogP contribution in [-0.2, 0) is 11.2 Å². The molecule has 1 unspecified atom stereocenters. The monoisotopic (exact) mass is 254 g/mol. The first-order valence-electron chi connectivity index (χ1n) is 5.98. The maximum atomic E-state index is 10.6. The van der Waals surface area contributed by atoms with Crippen molar-refractivity contribution in [1.29, 1.82) is 0 Å². The van der Waals surface area contributed by atoms with Gasteiger partial charge in [-0.1, -0.05) is 0 Å². The van der Waals surface area contributed by atoms with Crippen LogP contribution in [0.25, 0.3) is 0 Å². The summed E-state index contributed by atoms with van der Waals surface area (Å²) in [6, 6.07) is 0. The SMILES string of the molecule is Cc1ncsc1CCN1CCC(CC(=O)O)C1. The molecule has 5 heteroatoms. The average Bonchev–Trinajstić information content (AvgIpc) is 2.84. The van der Waals surface area contributed by atoms with Crippen LogP contribution in [0, 0.1) is 12.8 Å². The first kappa shape index (κ1) is 12.5. The lowest BCUT2D eigenvalue weighted by atomic mass is 10.1. The Morgan fingerprint density at radius 2 is 2.53 bits per heavy atom. The van der Waals surface area contributed by atoms with Crippen LogP contribution >= 0.6 is 11.3 Å². The van der Waals surface area contributed by atoms with Gasteiger partial charge in [-0.15, -0.1) is 11.3 Å². The minimum Gasteiger partial charge on any atom is -0.481 e. The number of thiazole rings is 1. The summed E-state index contributed by atoms with van der Waals surface area (Å²) in [6.45, 7) is 5.04. The van der Waals surface area contributed by atoms with Crippen molar-refractivity contribution in [3.63, 3.8) is 0 Å². The Labute approximate surface area is 105 Å². The van der Waals surface area contributed by atoms with E-state index in [1.54, 1.807) is 11.3 Å². The van der Waals surface area contributed by atoms with Crippen molar-refractivity contribution in [2.75, 3.05) is 19.6 Å². The van der Waals surface area contributed by atoms with E-state index in [4.69, 9.17) is 5.11 Å². The molecule has 1 fully saturated rings. The van der Waals surface area contributed by atoms with Crippen molar-refractivity contribution < 1.29 is 9.90 Å². The fraction of sp³-hybridized carbons (Fsp3) is 0.667. The van der Waals surface area contributed by atoms with Crippen LogP contribution in [0.3, 0.4) is 0 Å². The Morgan fingerprint density at radius 3 is 3.18 bits per heavy atom. The standard InChI is InChI=1S/C12H18N2O2S/c1-9-11(17-8-13-9)3-5-14-4-2-10(7-14)6-12(15)16/h8,10H,2-7H2,1H3,(H,15,16). The zero-order valence-corrected chi connectivity index (χ0v) is 10.9. The number of rotatable bonds is 5. The Balaban J connectivity index is 1.75. The second-order valence-electron chi connectivity index (χ2n) is 4.66. The van der Waals surface area contributed by atoms with Gasteiger partial charge in [-0.05, 0) is 32.2 Å². The molecule has 1 aliphatic heterocycles. The molecular formula is C12H18N2O2S. The number of aromatic nitrogens is 1. The maximum Gasteiger partial charge on any atom is 0.303 e. The van der Waals surface area contributed by atoms with Crippen LogP contribution < -0.4 is 0 Å². The Kier molecular flexibility index (Phi) is 4.12. The summed E-state index contributed by atoms with van der Waals surface area (Å²) in [5, 5.41) is 8.75. The number of hydrogen-bond donors (Lipinski definition) is 1. The minimum absolute atomic E-state index is 0.316. The molecule has 4 nitrogen and oxygen atoms in total. The average molecular weight is 254 g/mol. The topological polar surface area (TPSA) is 53.4 Å². The molecule has 1 aliphatic rings. The van der Waals surface area contributed by atoms with Gasteiger partial charge in [-0.3, -0.25) is 4.79 Å². The third-order valence-electron chi connectivity index (χ3n) is 3.33. The first-order valence-corrected chi connectivity index (χ1v) is 6.86. The fourth-order valence-corrected chi connectivity index (χ4v) is 3.13. The lowest BCUT2D eigenvalue weighted by molar-refractivity contribution is -0.138. The molecule has 0 spiro atoms. The van der Waals surface area contributed by atoms with Crippen LogP contribution in [0.5, 0.6) is 0 Å². The van der Waals surface area contributed by atoms with Gasteiger partial charge >= 0.3 is 5.97 Å². The van der Waals surface area contributed by atoms with E-state index in [0.29, 0.717) is 12.3 Å². The zero-order chi connectivity index (χ0) is 12.3. The minimum atomic E-state index is -0.671. The number of carboxylic acid groups (broad SMARTS) is 1. The van der Waals surface area contributed by atoms with Gasteiger partial charge in [-0.2, -0.15) is 0 Å². The van der Waals surface area contributed by atoms with E-state index in [9.17, 15) is 4.79 Å². The molecule has 0 aliphatic carbocycles. The highest BCUT2D eigenvalue weighted by atomic mass is 32.1. The second-order valence-corrected chi connectivity index (χ2v) is 5.60. The van der Waals surface area contributed by atoms with Gasteiger partial charge in [0.15, 0.2) is 0 Å². The number of likely N-dealkylation sites (tertiary alicyclic amines) is 1. The van der Waals surface area contributed by atoms with E-state index in [-0.39, 0.29) is 0 Å². The molecule has 0 radical (unpaired) electrons. The van der Waals surface area contributed by atoms with Crippen LogP contribution in [0.1, 0.15) is 23.4 Å². The molecule has 94 valence electrons. The zero-order valence-electron chi connectivity index (χ0n) is 10.1. The summed E-state index contributed by atoms with van der Waals surface area (Å²) in [5.41, 5.74) is 3.03. The van der Waals surface area contributed by atoms with Crippen LogP contribution in [0.15, 0.2) is 5.51 Å². The van der Waals surface area contributed by atoms with E-state index < -0.39 is 5.97 Å². The second kappa shape index (κ2) is 5.60. The molecule has 0 saturated carbocycles. The fourth-order valence-electron chi connectivity index (χ4n) is 2.36. The molecule has 1 aromatic heterocycles. The number of nitrogens with zero attached hydrogens (tertiary/aromatic N) is 2. The quantitative estimate of drug-likeness (QED) is 0.870. The van der Waals surface area contributed by atoms with Crippen molar-refractivity contribution in [2.45, 2.75) is 26.2 Å². The number of carboxylic acids is 1. The van der Waals surface area contributed by atoms with E-state index in [0.717, 1.165) is 38.2 Å². The molecule has 2 heterocycles. The number of carbonyl (C=O) groups is 1. The lowest BCUT2D eigenvalue weighted by Gasteiger charge is -2.14. The molecule has 2 rings (SSSR count). The van der Waals surface area contributed by atoms with Gasteiger partial charge in [0.1, 0.15) is 0 Å². The van der Waals surface area contributed by atoms with Gasteiger partial charge in [0.2, 0.25) is 0 Å². The predicted octanol–water partition coefficient (Wildman–Crippen LogP) is 1.79. The van der Waals surface area contributed by atoms with E-state index in [2.05, 4.69) is 9.88 Å². The number of hydrogen-bond acceptors (Lipinski definition) is 4. The Morgan fingerprint density at radius 1 is 1.71 bits per heavy atom. The normalized spacial score (nSPS) is 20.9. The van der Waals surface area contributed by atoms with E-state index in [1.807, 2.05) is 12.4 Å². The van der Waals surface area contributed by atoms with Crippen LogP contribution in [0.4, 0.5) is 0 Å². The molecule has 17 heavy (non-hydrogen) atoms. The largest absolute Gasteiger partial charge is 0.481 e. The van der Waals surface area contributed by atoms with E-state index >= 15 is 0 Å². The highest BCUT2D eigenvalue weighted by Gasteiger charge is 2.24.